The van der Waals surface area contributed by atoms with Crippen molar-refractivity contribution in [1.29, 1.82) is 0 Å². The summed E-state index contributed by atoms with van der Waals surface area (Å²) < 4.78 is 5.45. The summed E-state index contributed by atoms with van der Waals surface area (Å²) in [7, 11) is 2.11. The molecule has 0 aliphatic carbocycles. The molecule has 2 N–H and O–H groups in total. The highest BCUT2D eigenvalue weighted by atomic mass is 16.3. The van der Waals surface area contributed by atoms with E-state index >= 15 is 0 Å². The number of aliphatic imine (C=N–C) groups is 1. The van der Waals surface area contributed by atoms with Crippen LogP contribution in [0.15, 0.2) is 52.1 Å². The van der Waals surface area contributed by atoms with Crippen LogP contribution in [0.25, 0.3) is 0 Å². The third-order valence-corrected chi connectivity index (χ3v) is 4.31. The second-order valence-electron chi connectivity index (χ2n) is 6.67. The normalized spacial score (nSPS) is 13.0. The van der Waals surface area contributed by atoms with Gasteiger partial charge in [-0.25, -0.2) is 4.99 Å². The van der Waals surface area contributed by atoms with E-state index in [4.69, 9.17) is 9.41 Å². The Kier molecular flexibility index (Phi) is 8.22. The zero-order chi connectivity index (χ0) is 18.8. The van der Waals surface area contributed by atoms with Crippen molar-refractivity contribution in [1.82, 2.24) is 15.5 Å². The van der Waals surface area contributed by atoms with E-state index in [1.807, 2.05) is 12.1 Å². The fourth-order valence-electron chi connectivity index (χ4n) is 2.70. The number of nitrogens with one attached hydrogen (secondary N) is 2. The topological polar surface area (TPSA) is 52.8 Å². The van der Waals surface area contributed by atoms with Crippen molar-refractivity contribution >= 4 is 5.96 Å². The van der Waals surface area contributed by atoms with Gasteiger partial charge in [0.1, 0.15) is 5.76 Å². The van der Waals surface area contributed by atoms with Crippen LogP contribution < -0.4 is 10.6 Å². The monoisotopic (exact) mass is 356 g/mol. The van der Waals surface area contributed by atoms with Crippen LogP contribution in [0.5, 0.6) is 0 Å². The van der Waals surface area contributed by atoms with Gasteiger partial charge in [0.25, 0.3) is 0 Å². The quantitative estimate of drug-likeness (QED) is 0.530. The Bertz CT molecular complexity index is 666. The molecular weight excluding hydrogens is 324 g/mol. The summed E-state index contributed by atoms with van der Waals surface area (Å²) in [4.78, 5) is 7.03. The van der Waals surface area contributed by atoms with Crippen LogP contribution in [0.4, 0.5) is 0 Å². The molecule has 1 aromatic carbocycles. The van der Waals surface area contributed by atoms with Crippen LogP contribution in [-0.4, -0.2) is 30.5 Å². The molecule has 0 saturated carbocycles. The molecule has 1 heterocycles. The van der Waals surface area contributed by atoms with Gasteiger partial charge in [-0.05, 0) is 50.6 Å². The molecule has 1 aromatic heterocycles. The summed E-state index contributed by atoms with van der Waals surface area (Å²) in [6.07, 6.45) is 2.79. The average molecular weight is 357 g/mol. The van der Waals surface area contributed by atoms with Crippen LogP contribution in [0.1, 0.15) is 44.1 Å². The van der Waals surface area contributed by atoms with Crippen LogP contribution in [-0.2, 0) is 19.6 Å². The van der Waals surface area contributed by atoms with Crippen molar-refractivity contribution in [3.8, 4) is 0 Å². The number of hydrogen-bond acceptors (Lipinski definition) is 3. The van der Waals surface area contributed by atoms with E-state index in [1.54, 1.807) is 6.26 Å². The molecule has 0 saturated heterocycles. The van der Waals surface area contributed by atoms with Crippen molar-refractivity contribution in [3.05, 3.63) is 59.5 Å². The third-order valence-electron chi connectivity index (χ3n) is 4.31. The van der Waals surface area contributed by atoms with Crippen LogP contribution in [0.3, 0.4) is 0 Å². The summed E-state index contributed by atoms with van der Waals surface area (Å²) in [5.41, 5.74) is 2.55. The van der Waals surface area contributed by atoms with E-state index in [-0.39, 0.29) is 0 Å². The number of furan rings is 1. The number of guanidine groups is 1. The minimum absolute atomic E-state index is 0.405. The van der Waals surface area contributed by atoms with Gasteiger partial charge in [0, 0.05) is 19.1 Å². The molecular formula is C21H32N4O. The first-order valence-electron chi connectivity index (χ1n) is 9.44. The molecule has 0 aliphatic heterocycles. The molecule has 0 radical (unpaired) electrons. The summed E-state index contributed by atoms with van der Waals surface area (Å²) >= 11 is 0. The molecule has 142 valence electrons. The molecule has 26 heavy (non-hydrogen) atoms. The van der Waals surface area contributed by atoms with Gasteiger partial charge in [0.15, 0.2) is 5.96 Å². The van der Waals surface area contributed by atoms with Crippen LogP contribution >= 0.6 is 0 Å². The molecule has 1 unspecified atom stereocenters. The minimum atomic E-state index is 0.405. The molecule has 0 bridgehead atoms. The van der Waals surface area contributed by atoms with Crippen LogP contribution in [0.2, 0.25) is 0 Å². The molecule has 1 atom stereocenters. The second kappa shape index (κ2) is 10.7. The first kappa shape index (κ1) is 20.0. The van der Waals surface area contributed by atoms with E-state index < -0.39 is 0 Å². The standard InChI is InChI=1S/C21H32N4O/c1-5-17(3)24-21(22-6-2)23-14-18-10-7-8-11-19(18)15-25(4)16-20-12-9-13-26-20/h7-13,17H,5-6,14-16H2,1-4H3,(H2,22,23,24). The predicted octanol–water partition coefficient (Wildman–Crippen LogP) is 3.77. The SMILES string of the molecule is CCNC(=NCc1ccccc1CN(C)Cc1ccco1)NC(C)CC. The van der Waals surface area contributed by atoms with Crippen molar-refractivity contribution in [2.75, 3.05) is 13.6 Å². The van der Waals surface area contributed by atoms with Crippen molar-refractivity contribution in [2.45, 2.75) is 52.9 Å². The van der Waals surface area contributed by atoms with Crippen molar-refractivity contribution in [2.24, 2.45) is 4.99 Å². The third kappa shape index (κ3) is 6.56. The maximum Gasteiger partial charge on any atom is 0.191 e. The Morgan fingerprint density at radius 2 is 1.88 bits per heavy atom. The van der Waals surface area contributed by atoms with Crippen LogP contribution in [0, 0.1) is 0 Å². The minimum Gasteiger partial charge on any atom is -0.468 e. The van der Waals surface area contributed by atoms with Gasteiger partial charge < -0.3 is 15.1 Å². The molecule has 0 fully saturated rings. The fourth-order valence-corrected chi connectivity index (χ4v) is 2.70. The van der Waals surface area contributed by atoms with Gasteiger partial charge >= 0.3 is 0 Å². The fraction of sp³-hybridized carbons (Fsp3) is 0.476. The maximum atomic E-state index is 5.45. The van der Waals surface area contributed by atoms with E-state index in [2.05, 4.69) is 67.6 Å². The van der Waals surface area contributed by atoms with E-state index in [0.29, 0.717) is 12.6 Å². The summed E-state index contributed by atoms with van der Waals surface area (Å²) in [6, 6.07) is 12.9. The van der Waals surface area contributed by atoms with Gasteiger partial charge in [0.05, 0.1) is 19.4 Å². The number of hydrogen-bond donors (Lipinski definition) is 2. The average Bonchev–Trinajstić information content (AvgIpc) is 3.13. The highest BCUT2D eigenvalue weighted by molar-refractivity contribution is 5.80. The van der Waals surface area contributed by atoms with Gasteiger partial charge in [-0.1, -0.05) is 31.2 Å². The Labute approximate surface area is 157 Å². The molecule has 0 spiro atoms. The Morgan fingerprint density at radius 1 is 1.12 bits per heavy atom. The second-order valence-corrected chi connectivity index (χ2v) is 6.67. The lowest BCUT2D eigenvalue weighted by molar-refractivity contribution is 0.287. The highest BCUT2D eigenvalue weighted by Gasteiger charge is 2.08. The number of benzene rings is 1. The van der Waals surface area contributed by atoms with E-state index in [0.717, 1.165) is 37.8 Å². The maximum absolute atomic E-state index is 5.45. The predicted molar refractivity (Wildman–Crippen MR) is 108 cm³/mol. The molecule has 2 aromatic rings. The number of nitrogens with zero attached hydrogens (tertiary/aromatic N) is 2. The van der Waals surface area contributed by atoms with Gasteiger partial charge in [0.2, 0.25) is 0 Å². The highest BCUT2D eigenvalue weighted by Crippen LogP contribution is 2.14. The first-order chi connectivity index (χ1) is 12.6. The largest absolute Gasteiger partial charge is 0.468 e. The summed E-state index contributed by atoms with van der Waals surface area (Å²) in [5.74, 6) is 1.86. The van der Waals surface area contributed by atoms with E-state index in [1.165, 1.54) is 11.1 Å². The van der Waals surface area contributed by atoms with Crippen molar-refractivity contribution in [3.63, 3.8) is 0 Å². The molecule has 0 aliphatic rings. The lowest BCUT2D eigenvalue weighted by Gasteiger charge is -2.18. The van der Waals surface area contributed by atoms with Gasteiger partial charge in [-0.15, -0.1) is 0 Å². The Hall–Kier alpha value is -2.27. The molecule has 2 rings (SSSR count). The molecule has 5 heteroatoms. The Morgan fingerprint density at radius 3 is 2.54 bits per heavy atom. The lowest BCUT2D eigenvalue weighted by atomic mass is 10.1. The smallest absolute Gasteiger partial charge is 0.191 e. The zero-order valence-electron chi connectivity index (χ0n) is 16.5. The Balaban J connectivity index is 2.03. The molecule has 5 nitrogen and oxygen atoms in total. The molecule has 0 amide bonds. The summed E-state index contributed by atoms with van der Waals surface area (Å²) in [5, 5.41) is 6.77. The first-order valence-corrected chi connectivity index (χ1v) is 9.44. The van der Waals surface area contributed by atoms with Gasteiger partial charge in [-0.3, -0.25) is 4.90 Å². The summed E-state index contributed by atoms with van der Waals surface area (Å²) in [6.45, 7) is 9.61. The van der Waals surface area contributed by atoms with E-state index in [9.17, 15) is 0 Å². The number of rotatable bonds is 9. The van der Waals surface area contributed by atoms with Crippen molar-refractivity contribution < 1.29 is 4.42 Å². The zero-order valence-corrected chi connectivity index (χ0v) is 16.5. The lowest BCUT2D eigenvalue weighted by Crippen LogP contribution is -2.41. The van der Waals surface area contributed by atoms with Gasteiger partial charge in [-0.2, -0.15) is 0 Å².